The minimum Gasteiger partial charge on any atom is -0.469 e. The molecule has 0 saturated heterocycles. The van der Waals surface area contributed by atoms with Crippen LogP contribution >= 0.6 is 27.5 Å². The van der Waals surface area contributed by atoms with E-state index in [1.54, 1.807) is 18.3 Å². The summed E-state index contributed by atoms with van der Waals surface area (Å²) < 4.78 is 7.66. The number of fused-ring (bicyclic) bond motifs is 1. The average Bonchev–Trinajstić information content (AvgIpc) is 3.20. The third kappa shape index (κ3) is 4.77. The molecule has 31 heavy (non-hydrogen) atoms. The van der Waals surface area contributed by atoms with Gasteiger partial charge in [-0.2, -0.15) is 5.10 Å². The van der Waals surface area contributed by atoms with Gasteiger partial charge in [-0.25, -0.2) is 0 Å². The number of hydrogen-bond acceptors (Lipinski definition) is 4. The Morgan fingerprint density at radius 2 is 1.87 bits per heavy atom. The maximum atomic E-state index is 13.2. The van der Waals surface area contributed by atoms with Crippen LogP contribution in [0.1, 0.15) is 41.6 Å². The van der Waals surface area contributed by atoms with E-state index < -0.39 is 0 Å². The first-order valence-corrected chi connectivity index (χ1v) is 11.4. The number of nitrogens with zero attached hydrogens (tertiary/aromatic N) is 2. The fourth-order valence-corrected chi connectivity index (χ4v) is 4.60. The van der Waals surface area contributed by atoms with Crippen LogP contribution in [0, 0.1) is 5.92 Å². The SMILES string of the molecule is COC(=O)C1CCC(NC(=O)c2ccc(Cl)c3cnn(Cc4ccc(Br)cc4)c23)CC1. The van der Waals surface area contributed by atoms with Crippen molar-refractivity contribution in [2.75, 3.05) is 7.11 Å². The summed E-state index contributed by atoms with van der Waals surface area (Å²) >= 11 is 9.83. The Balaban J connectivity index is 1.55. The van der Waals surface area contributed by atoms with E-state index in [4.69, 9.17) is 16.3 Å². The molecular formula is C23H23BrClN3O3. The Morgan fingerprint density at radius 3 is 2.55 bits per heavy atom. The number of rotatable bonds is 5. The summed E-state index contributed by atoms with van der Waals surface area (Å²) in [5.74, 6) is -0.394. The van der Waals surface area contributed by atoms with E-state index in [0.29, 0.717) is 17.1 Å². The zero-order valence-corrected chi connectivity index (χ0v) is 19.4. The van der Waals surface area contributed by atoms with E-state index >= 15 is 0 Å². The molecule has 8 heteroatoms. The molecule has 1 saturated carbocycles. The molecule has 0 aliphatic heterocycles. The van der Waals surface area contributed by atoms with Crippen LogP contribution in [0.2, 0.25) is 5.02 Å². The van der Waals surface area contributed by atoms with Crippen LogP contribution in [0.15, 0.2) is 47.1 Å². The molecule has 1 aliphatic rings. The van der Waals surface area contributed by atoms with Crippen molar-refractivity contribution in [2.24, 2.45) is 5.92 Å². The summed E-state index contributed by atoms with van der Waals surface area (Å²) in [6, 6.07) is 11.5. The first kappa shape index (κ1) is 21.8. The number of amides is 1. The highest BCUT2D eigenvalue weighted by Gasteiger charge is 2.28. The van der Waals surface area contributed by atoms with E-state index in [-0.39, 0.29) is 23.8 Å². The second-order valence-electron chi connectivity index (χ2n) is 7.83. The third-order valence-corrected chi connectivity index (χ3v) is 6.69. The summed E-state index contributed by atoms with van der Waals surface area (Å²) in [6.45, 7) is 0.529. The third-order valence-electron chi connectivity index (χ3n) is 5.84. The van der Waals surface area contributed by atoms with Crippen molar-refractivity contribution in [3.63, 3.8) is 0 Å². The lowest BCUT2D eigenvalue weighted by atomic mass is 9.86. The van der Waals surface area contributed by atoms with Crippen molar-refractivity contribution in [2.45, 2.75) is 38.3 Å². The number of esters is 1. The van der Waals surface area contributed by atoms with Gasteiger partial charge in [0, 0.05) is 15.9 Å². The van der Waals surface area contributed by atoms with Gasteiger partial charge in [-0.05, 0) is 55.5 Å². The van der Waals surface area contributed by atoms with Crippen molar-refractivity contribution in [3.05, 3.63) is 63.2 Å². The van der Waals surface area contributed by atoms with Gasteiger partial charge in [0.2, 0.25) is 0 Å². The van der Waals surface area contributed by atoms with Gasteiger partial charge in [0.1, 0.15) is 0 Å². The van der Waals surface area contributed by atoms with Crippen LogP contribution in [0.5, 0.6) is 0 Å². The van der Waals surface area contributed by atoms with Crippen molar-refractivity contribution in [3.8, 4) is 0 Å². The molecule has 3 aromatic rings. The highest BCUT2D eigenvalue weighted by atomic mass is 79.9. The van der Waals surface area contributed by atoms with Gasteiger partial charge in [0.05, 0.1) is 41.9 Å². The predicted octanol–water partition coefficient (Wildman–Crippen LogP) is 4.96. The van der Waals surface area contributed by atoms with Gasteiger partial charge in [0.25, 0.3) is 5.91 Å². The lowest BCUT2D eigenvalue weighted by Gasteiger charge is -2.27. The van der Waals surface area contributed by atoms with Crippen LogP contribution in [-0.4, -0.2) is 34.8 Å². The zero-order valence-electron chi connectivity index (χ0n) is 17.1. The van der Waals surface area contributed by atoms with Crippen molar-refractivity contribution < 1.29 is 14.3 Å². The van der Waals surface area contributed by atoms with Gasteiger partial charge in [0.15, 0.2) is 0 Å². The molecule has 1 amide bonds. The molecule has 1 heterocycles. The minimum absolute atomic E-state index is 0.0296. The Hall–Kier alpha value is -2.38. The number of carbonyl (C=O) groups is 2. The van der Waals surface area contributed by atoms with Crippen LogP contribution in [0.3, 0.4) is 0 Å². The number of carbonyl (C=O) groups excluding carboxylic acids is 2. The Morgan fingerprint density at radius 1 is 1.16 bits per heavy atom. The Bertz CT molecular complexity index is 1110. The maximum Gasteiger partial charge on any atom is 0.308 e. The lowest BCUT2D eigenvalue weighted by Crippen LogP contribution is -2.39. The van der Waals surface area contributed by atoms with E-state index in [1.807, 2.05) is 28.9 Å². The molecule has 1 aliphatic carbocycles. The summed E-state index contributed by atoms with van der Waals surface area (Å²) in [6.07, 6.45) is 4.64. The second kappa shape index (κ2) is 9.40. The molecule has 0 spiro atoms. The highest BCUT2D eigenvalue weighted by molar-refractivity contribution is 9.10. The number of halogens is 2. The van der Waals surface area contributed by atoms with E-state index in [2.05, 4.69) is 26.3 Å². The lowest BCUT2D eigenvalue weighted by molar-refractivity contribution is -0.146. The van der Waals surface area contributed by atoms with E-state index in [9.17, 15) is 9.59 Å². The summed E-state index contributed by atoms with van der Waals surface area (Å²) in [7, 11) is 1.42. The number of hydrogen-bond donors (Lipinski definition) is 1. The quantitative estimate of drug-likeness (QED) is 0.498. The molecule has 0 atom stereocenters. The second-order valence-corrected chi connectivity index (χ2v) is 9.15. The number of benzene rings is 2. The molecule has 1 fully saturated rings. The van der Waals surface area contributed by atoms with Gasteiger partial charge in [-0.15, -0.1) is 0 Å². The molecule has 4 rings (SSSR count). The molecule has 0 unspecified atom stereocenters. The van der Waals surface area contributed by atoms with Crippen molar-refractivity contribution in [1.29, 1.82) is 0 Å². The molecule has 0 bridgehead atoms. The smallest absolute Gasteiger partial charge is 0.308 e. The summed E-state index contributed by atoms with van der Waals surface area (Å²) in [5.41, 5.74) is 2.33. The molecule has 162 valence electrons. The van der Waals surface area contributed by atoms with Crippen molar-refractivity contribution in [1.82, 2.24) is 15.1 Å². The monoisotopic (exact) mass is 503 g/mol. The largest absolute Gasteiger partial charge is 0.469 e. The van der Waals surface area contributed by atoms with E-state index in [0.717, 1.165) is 46.6 Å². The maximum absolute atomic E-state index is 13.2. The van der Waals surface area contributed by atoms with Crippen LogP contribution in [-0.2, 0) is 16.1 Å². The number of methoxy groups -OCH3 is 1. The van der Waals surface area contributed by atoms with Crippen molar-refractivity contribution >= 4 is 50.3 Å². The zero-order chi connectivity index (χ0) is 22.0. The van der Waals surface area contributed by atoms with Crippen LogP contribution in [0.4, 0.5) is 0 Å². The van der Waals surface area contributed by atoms with E-state index in [1.165, 1.54) is 7.11 Å². The number of ether oxygens (including phenoxy) is 1. The fraction of sp³-hybridized carbons (Fsp3) is 0.348. The number of nitrogens with one attached hydrogen (secondary N) is 1. The standard InChI is InChI=1S/C23H23BrClN3O3/c1-31-23(30)15-4-8-17(9-5-15)27-22(29)18-10-11-20(25)19-12-26-28(21(18)19)13-14-2-6-16(24)7-3-14/h2-3,6-7,10-12,15,17H,4-5,8-9,13H2,1H3,(H,27,29). The Kier molecular flexibility index (Phi) is 6.62. The molecule has 6 nitrogen and oxygen atoms in total. The highest BCUT2D eigenvalue weighted by Crippen LogP contribution is 2.29. The minimum atomic E-state index is -0.166. The first-order valence-electron chi connectivity index (χ1n) is 10.2. The molecule has 1 N–H and O–H groups in total. The molecule has 2 aromatic carbocycles. The predicted molar refractivity (Wildman–Crippen MR) is 123 cm³/mol. The van der Waals surface area contributed by atoms with Gasteiger partial charge < -0.3 is 10.1 Å². The Labute approximate surface area is 194 Å². The molecular weight excluding hydrogens is 482 g/mol. The fourth-order valence-electron chi connectivity index (χ4n) is 4.14. The summed E-state index contributed by atoms with van der Waals surface area (Å²) in [5, 5.41) is 8.94. The number of aromatic nitrogens is 2. The normalized spacial score (nSPS) is 18.7. The molecule has 0 radical (unpaired) electrons. The molecule has 1 aromatic heterocycles. The van der Waals surface area contributed by atoms with Crippen LogP contribution < -0.4 is 5.32 Å². The summed E-state index contributed by atoms with van der Waals surface area (Å²) in [4.78, 5) is 24.9. The topological polar surface area (TPSA) is 73.2 Å². The van der Waals surface area contributed by atoms with Crippen LogP contribution in [0.25, 0.3) is 10.9 Å². The van der Waals surface area contributed by atoms with Gasteiger partial charge in [-0.1, -0.05) is 39.7 Å². The van der Waals surface area contributed by atoms with Gasteiger partial charge in [-0.3, -0.25) is 14.3 Å². The van der Waals surface area contributed by atoms with Gasteiger partial charge >= 0.3 is 5.97 Å². The first-order chi connectivity index (χ1) is 15.0. The average molecular weight is 505 g/mol.